The molecule has 2 aliphatic rings. The first-order chi connectivity index (χ1) is 7.09. The van der Waals surface area contributed by atoms with E-state index in [1.54, 1.807) is 0 Å². The molecule has 0 aromatic heterocycles. The summed E-state index contributed by atoms with van der Waals surface area (Å²) in [6.45, 7) is 0.228. The summed E-state index contributed by atoms with van der Waals surface area (Å²) in [5, 5.41) is 9.18. The molecule has 0 amide bonds. The molecule has 0 radical (unpaired) electrons. The third-order valence-electron chi connectivity index (χ3n) is 3.38. The molecule has 2 atom stereocenters. The molecule has 1 N–H and O–H groups in total. The van der Waals surface area contributed by atoms with Gasteiger partial charge in [-0.3, -0.25) is 14.4 Å². The van der Waals surface area contributed by atoms with Gasteiger partial charge in [0.25, 0.3) is 0 Å². The van der Waals surface area contributed by atoms with Crippen LogP contribution in [0.25, 0.3) is 0 Å². The monoisotopic (exact) mass is 212 g/mol. The Morgan fingerprint density at radius 1 is 1.47 bits per heavy atom. The zero-order valence-corrected chi connectivity index (χ0v) is 8.19. The molecule has 0 aromatic rings. The summed E-state index contributed by atoms with van der Waals surface area (Å²) in [6.07, 6.45) is 1.42. The summed E-state index contributed by atoms with van der Waals surface area (Å²) in [4.78, 5) is 34.3. The Bertz CT molecular complexity index is 335. The number of aliphatic carboxylic acids is 1. The average Bonchev–Trinajstić information content (AvgIpc) is 2.72. The SMILES string of the molecule is O=C1OCCC1C1(C(=O)O)CCCC1=O. The van der Waals surface area contributed by atoms with Crippen LogP contribution in [0.4, 0.5) is 0 Å². The number of carboxylic acid groups (broad SMARTS) is 1. The van der Waals surface area contributed by atoms with Crippen LogP contribution in [0.5, 0.6) is 0 Å². The van der Waals surface area contributed by atoms with Crippen LogP contribution in [0.2, 0.25) is 0 Å². The maximum atomic E-state index is 11.7. The molecular weight excluding hydrogens is 200 g/mol. The van der Waals surface area contributed by atoms with Gasteiger partial charge in [0.05, 0.1) is 12.5 Å². The Balaban J connectivity index is 2.38. The second-order valence-corrected chi connectivity index (χ2v) is 4.06. The molecule has 0 bridgehead atoms. The number of esters is 1. The van der Waals surface area contributed by atoms with Crippen molar-refractivity contribution >= 4 is 17.7 Å². The second-order valence-electron chi connectivity index (χ2n) is 4.06. The van der Waals surface area contributed by atoms with E-state index in [-0.39, 0.29) is 25.2 Å². The Morgan fingerprint density at radius 2 is 2.20 bits per heavy atom. The summed E-state index contributed by atoms with van der Waals surface area (Å²) in [6, 6.07) is 0. The lowest BCUT2D eigenvalue weighted by Gasteiger charge is -2.25. The Kier molecular flexibility index (Phi) is 2.25. The molecule has 5 heteroatoms. The van der Waals surface area contributed by atoms with Crippen LogP contribution in [0, 0.1) is 11.3 Å². The minimum Gasteiger partial charge on any atom is -0.480 e. The standard InChI is InChI=1S/C10H12O5/c11-7-2-1-4-10(7,9(13)14)6-3-5-15-8(6)12/h6H,1-5H2,(H,13,14). The zero-order valence-electron chi connectivity index (χ0n) is 8.19. The van der Waals surface area contributed by atoms with Crippen molar-refractivity contribution in [1.29, 1.82) is 0 Å². The number of carboxylic acids is 1. The number of hydrogen-bond donors (Lipinski definition) is 1. The van der Waals surface area contributed by atoms with Crippen LogP contribution in [0.1, 0.15) is 25.7 Å². The fraction of sp³-hybridized carbons (Fsp3) is 0.700. The van der Waals surface area contributed by atoms with Gasteiger partial charge in [0.2, 0.25) is 0 Å². The number of hydrogen-bond acceptors (Lipinski definition) is 4. The van der Waals surface area contributed by atoms with Crippen LogP contribution < -0.4 is 0 Å². The molecule has 1 saturated carbocycles. The molecule has 1 aliphatic heterocycles. The van der Waals surface area contributed by atoms with Gasteiger partial charge in [-0.25, -0.2) is 0 Å². The van der Waals surface area contributed by atoms with Crippen LogP contribution in [-0.2, 0) is 19.1 Å². The quantitative estimate of drug-likeness (QED) is 0.528. The highest BCUT2D eigenvalue weighted by Gasteiger charge is 2.58. The first-order valence-electron chi connectivity index (χ1n) is 5.02. The van der Waals surface area contributed by atoms with E-state index >= 15 is 0 Å². The fourth-order valence-electron chi connectivity index (χ4n) is 2.58. The van der Waals surface area contributed by atoms with Gasteiger partial charge in [0, 0.05) is 6.42 Å². The summed E-state index contributed by atoms with van der Waals surface area (Å²) >= 11 is 0. The lowest BCUT2D eigenvalue weighted by molar-refractivity contribution is -0.163. The van der Waals surface area contributed by atoms with E-state index in [4.69, 9.17) is 4.74 Å². The molecule has 2 rings (SSSR count). The molecule has 82 valence electrons. The second kappa shape index (κ2) is 3.32. The van der Waals surface area contributed by atoms with Crippen molar-refractivity contribution < 1.29 is 24.2 Å². The summed E-state index contributed by atoms with van der Waals surface area (Å²) in [5.41, 5.74) is -1.49. The Labute approximate surface area is 86.4 Å². The minimum atomic E-state index is -1.49. The molecule has 2 fully saturated rings. The van der Waals surface area contributed by atoms with E-state index < -0.39 is 23.3 Å². The van der Waals surface area contributed by atoms with Crippen molar-refractivity contribution in [3.63, 3.8) is 0 Å². The van der Waals surface area contributed by atoms with Crippen LogP contribution in [0.3, 0.4) is 0 Å². The highest BCUT2D eigenvalue weighted by Crippen LogP contribution is 2.45. The van der Waals surface area contributed by atoms with E-state index in [1.165, 1.54) is 0 Å². The topological polar surface area (TPSA) is 80.7 Å². The van der Waals surface area contributed by atoms with E-state index in [1.807, 2.05) is 0 Å². The minimum absolute atomic E-state index is 0.228. The summed E-state index contributed by atoms with van der Waals surface area (Å²) < 4.78 is 4.75. The maximum Gasteiger partial charge on any atom is 0.318 e. The number of cyclic esters (lactones) is 1. The van der Waals surface area contributed by atoms with Gasteiger partial charge in [-0.1, -0.05) is 0 Å². The van der Waals surface area contributed by atoms with Crippen molar-refractivity contribution in [3.05, 3.63) is 0 Å². The van der Waals surface area contributed by atoms with Crippen molar-refractivity contribution in [2.24, 2.45) is 11.3 Å². The Morgan fingerprint density at radius 3 is 2.60 bits per heavy atom. The maximum absolute atomic E-state index is 11.7. The lowest BCUT2D eigenvalue weighted by atomic mass is 9.72. The van der Waals surface area contributed by atoms with Crippen LogP contribution in [0.15, 0.2) is 0 Å². The molecule has 0 spiro atoms. The molecule has 2 unspecified atom stereocenters. The molecular formula is C10H12O5. The van der Waals surface area contributed by atoms with Gasteiger partial charge < -0.3 is 9.84 Å². The van der Waals surface area contributed by atoms with Crippen LogP contribution in [-0.4, -0.2) is 29.4 Å². The third-order valence-corrected chi connectivity index (χ3v) is 3.38. The molecule has 1 heterocycles. The van der Waals surface area contributed by atoms with Crippen LogP contribution >= 0.6 is 0 Å². The zero-order chi connectivity index (χ0) is 11.1. The van der Waals surface area contributed by atoms with Gasteiger partial charge >= 0.3 is 11.9 Å². The predicted octanol–water partition coefficient (Wildman–Crippen LogP) is 0.373. The van der Waals surface area contributed by atoms with Crippen molar-refractivity contribution in [2.75, 3.05) is 6.61 Å². The number of carbonyl (C=O) groups is 3. The number of ether oxygens (including phenoxy) is 1. The number of ketones is 1. The highest BCUT2D eigenvalue weighted by atomic mass is 16.5. The van der Waals surface area contributed by atoms with E-state index in [0.717, 1.165) is 0 Å². The Hall–Kier alpha value is -1.39. The summed E-state index contributed by atoms with van der Waals surface area (Å²) in [7, 11) is 0. The lowest BCUT2D eigenvalue weighted by Crippen LogP contribution is -2.44. The van der Waals surface area contributed by atoms with E-state index in [2.05, 4.69) is 0 Å². The normalized spacial score (nSPS) is 35.6. The molecule has 5 nitrogen and oxygen atoms in total. The van der Waals surface area contributed by atoms with Gasteiger partial charge in [-0.15, -0.1) is 0 Å². The third kappa shape index (κ3) is 1.26. The van der Waals surface area contributed by atoms with Crippen molar-refractivity contribution in [2.45, 2.75) is 25.7 Å². The molecule has 0 aromatic carbocycles. The molecule has 1 saturated heterocycles. The van der Waals surface area contributed by atoms with Gasteiger partial charge in [0.1, 0.15) is 5.41 Å². The number of rotatable bonds is 2. The van der Waals surface area contributed by atoms with E-state index in [0.29, 0.717) is 12.8 Å². The smallest absolute Gasteiger partial charge is 0.318 e. The first-order valence-corrected chi connectivity index (χ1v) is 5.02. The van der Waals surface area contributed by atoms with Gasteiger partial charge in [-0.2, -0.15) is 0 Å². The predicted molar refractivity (Wildman–Crippen MR) is 48.0 cm³/mol. The molecule has 1 aliphatic carbocycles. The first kappa shape index (κ1) is 10.1. The van der Waals surface area contributed by atoms with Gasteiger partial charge in [0.15, 0.2) is 5.78 Å². The molecule has 15 heavy (non-hydrogen) atoms. The van der Waals surface area contributed by atoms with Crippen molar-refractivity contribution in [1.82, 2.24) is 0 Å². The fourth-order valence-corrected chi connectivity index (χ4v) is 2.58. The number of Topliss-reactive ketones (excluding diaryl/α,β-unsaturated/α-hetero) is 1. The summed E-state index contributed by atoms with van der Waals surface area (Å²) in [5.74, 6) is -2.80. The van der Waals surface area contributed by atoms with E-state index in [9.17, 15) is 19.5 Å². The van der Waals surface area contributed by atoms with Crippen molar-refractivity contribution in [3.8, 4) is 0 Å². The highest BCUT2D eigenvalue weighted by molar-refractivity contribution is 6.08. The average molecular weight is 212 g/mol. The number of carbonyl (C=O) groups excluding carboxylic acids is 2. The van der Waals surface area contributed by atoms with Gasteiger partial charge in [-0.05, 0) is 19.3 Å². The largest absolute Gasteiger partial charge is 0.480 e.